The molecule has 0 spiro atoms. The Bertz CT molecular complexity index is 517. The molecular weight excluding hydrogens is 386 g/mol. The van der Waals surface area contributed by atoms with E-state index in [2.05, 4.69) is 31.9 Å². The van der Waals surface area contributed by atoms with Gasteiger partial charge in [0.2, 0.25) is 0 Å². The van der Waals surface area contributed by atoms with E-state index >= 15 is 0 Å². The highest BCUT2D eigenvalue weighted by molar-refractivity contribution is 9.10. The Kier molecular flexibility index (Phi) is 4.92. The fourth-order valence-electron chi connectivity index (χ4n) is 2.49. The fourth-order valence-corrected chi connectivity index (χ4v) is 3.07. The van der Waals surface area contributed by atoms with E-state index in [1.807, 2.05) is 43.9 Å². The Morgan fingerprint density at radius 3 is 2.80 bits per heavy atom. The van der Waals surface area contributed by atoms with Crippen molar-refractivity contribution in [3.63, 3.8) is 0 Å². The lowest BCUT2D eigenvalue weighted by atomic mass is 10.0. The van der Waals surface area contributed by atoms with Crippen LogP contribution in [-0.2, 0) is 4.74 Å². The van der Waals surface area contributed by atoms with Crippen molar-refractivity contribution in [3.8, 4) is 0 Å². The lowest BCUT2D eigenvalue weighted by Crippen LogP contribution is -2.55. The molecule has 1 saturated heterocycles. The number of hydrogen-bond acceptors (Lipinski definition) is 2. The number of halogens is 2. The number of hydrogen-bond donors (Lipinski definition) is 0. The minimum atomic E-state index is -0.309. The fraction of sp³-hybridized carbons (Fsp3) is 0.533. The van der Waals surface area contributed by atoms with E-state index in [4.69, 9.17) is 4.74 Å². The number of morpholine rings is 1. The molecule has 1 fully saturated rings. The van der Waals surface area contributed by atoms with Gasteiger partial charge in [-0.05, 0) is 44.5 Å². The highest BCUT2D eigenvalue weighted by Gasteiger charge is 2.35. The van der Waals surface area contributed by atoms with Crippen LogP contribution in [0, 0.1) is 6.92 Å². The normalized spacial score (nSPS) is 21.9. The summed E-state index contributed by atoms with van der Waals surface area (Å²) in [6.07, 6.45) is 0.0410. The average molecular weight is 405 g/mol. The number of nitrogens with zero attached hydrogens (tertiary/aromatic N) is 1. The Balaban J connectivity index is 2.21. The standard InChI is InChI=1S/C15H19Br2NO2/c1-10-6-11(4-5-13(10)17)14(19)18-8-12(7-16)20-15(2,3)9-18/h4-6,12H,7-9H2,1-3H3. The van der Waals surface area contributed by atoms with Gasteiger partial charge in [-0.1, -0.05) is 31.9 Å². The van der Waals surface area contributed by atoms with Crippen LogP contribution in [0.1, 0.15) is 29.8 Å². The first-order valence-corrected chi connectivity index (χ1v) is 8.53. The first kappa shape index (κ1) is 16.0. The Morgan fingerprint density at radius 1 is 1.50 bits per heavy atom. The molecule has 1 amide bonds. The van der Waals surface area contributed by atoms with E-state index in [1.54, 1.807) is 0 Å². The van der Waals surface area contributed by atoms with Crippen LogP contribution in [-0.4, -0.2) is 40.9 Å². The van der Waals surface area contributed by atoms with Crippen molar-refractivity contribution in [2.24, 2.45) is 0 Å². The molecule has 1 aromatic rings. The molecule has 0 bridgehead atoms. The van der Waals surface area contributed by atoms with Crippen molar-refractivity contribution in [1.29, 1.82) is 0 Å². The highest BCUT2D eigenvalue weighted by atomic mass is 79.9. The van der Waals surface area contributed by atoms with Gasteiger partial charge in [0.15, 0.2) is 0 Å². The van der Waals surface area contributed by atoms with E-state index in [9.17, 15) is 4.79 Å². The van der Waals surface area contributed by atoms with Crippen molar-refractivity contribution in [3.05, 3.63) is 33.8 Å². The first-order chi connectivity index (χ1) is 9.32. The van der Waals surface area contributed by atoms with E-state index in [0.29, 0.717) is 13.1 Å². The average Bonchev–Trinajstić information content (AvgIpc) is 2.39. The van der Waals surface area contributed by atoms with Crippen LogP contribution in [0.3, 0.4) is 0 Å². The second kappa shape index (κ2) is 6.16. The molecule has 0 N–H and O–H groups in total. The monoisotopic (exact) mass is 403 g/mol. The Morgan fingerprint density at radius 2 is 2.20 bits per heavy atom. The molecular formula is C15H19Br2NO2. The molecule has 0 saturated carbocycles. The van der Waals surface area contributed by atoms with Crippen molar-refractivity contribution in [2.45, 2.75) is 32.5 Å². The summed E-state index contributed by atoms with van der Waals surface area (Å²) >= 11 is 6.91. The second-order valence-electron chi connectivity index (χ2n) is 5.80. The summed E-state index contributed by atoms with van der Waals surface area (Å²) in [5, 5.41) is 0.736. The van der Waals surface area contributed by atoms with Gasteiger partial charge in [0.05, 0.1) is 11.7 Å². The number of carbonyl (C=O) groups excluding carboxylic acids is 1. The molecule has 0 aliphatic carbocycles. The van der Waals surface area contributed by atoms with Gasteiger partial charge in [0, 0.05) is 28.5 Å². The first-order valence-electron chi connectivity index (χ1n) is 6.61. The summed E-state index contributed by atoms with van der Waals surface area (Å²) in [4.78, 5) is 14.5. The Labute approximate surface area is 136 Å². The molecule has 1 heterocycles. The lowest BCUT2D eigenvalue weighted by Gasteiger charge is -2.42. The van der Waals surface area contributed by atoms with Crippen molar-refractivity contribution in [2.75, 3.05) is 18.4 Å². The third kappa shape index (κ3) is 3.62. The van der Waals surface area contributed by atoms with Crippen LogP contribution in [0.2, 0.25) is 0 Å². The third-order valence-corrected chi connectivity index (χ3v) is 4.96. The maximum absolute atomic E-state index is 12.7. The minimum absolute atomic E-state index is 0.0410. The molecule has 20 heavy (non-hydrogen) atoms. The topological polar surface area (TPSA) is 29.5 Å². The van der Waals surface area contributed by atoms with E-state index in [0.717, 1.165) is 20.9 Å². The zero-order chi connectivity index (χ0) is 14.9. The maximum Gasteiger partial charge on any atom is 0.254 e. The lowest BCUT2D eigenvalue weighted by molar-refractivity contribution is -0.116. The number of carbonyl (C=O) groups is 1. The van der Waals surface area contributed by atoms with Gasteiger partial charge < -0.3 is 9.64 Å². The predicted molar refractivity (Wildman–Crippen MR) is 87.5 cm³/mol. The molecule has 1 aliphatic rings. The highest BCUT2D eigenvalue weighted by Crippen LogP contribution is 2.24. The Hall–Kier alpha value is -0.390. The van der Waals surface area contributed by atoms with Crippen LogP contribution in [0.15, 0.2) is 22.7 Å². The number of amides is 1. The quantitative estimate of drug-likeness (QED) is 0.702. The molecule has 3 nitrogen and oxygen atoms in total. The van der Waals surface area contributed by atoms with Gasteiger partial charge in [-0.2, -0.15) is 0 Å². The van der Waals surface area contributed by atoms with Crippen LogP contribution in [0.5, 0.6) is 0 Å². The number of benzene rings is 1. The molecule has 110 valence electrons. The number of ether oxygens (including phenoxy) is 1. The van der Waals surface area contributed by atoms with Crippen molar-refractivity contribution >= 4 is 37.8 Å². The van der Waals surface area contributed by atoms with Crippen LogP contribution >= 0.6 is 31.9 Å². The molecule has 5 heteroatoms. The summed E-state index contributed by atoms with van der Waals surface area (Å²) in [5.41, 5.74) is 1.49. The summed E-state index contributed by atoms with van der Waals surface area (Å²) in [5.74, 6) is 0.0722. The molecule has 0 radical (unpaired) electrons. The summed E-state index contributed by atoms with van der Waals surface area (Å²) in [7, 11) is 0. The second-order valence-corrected chi connectivity index (χ2v) is 7.31. The van der Waals surface area contributed by atoms with Crippen molar-refractivity contribution in [1.82, 2.24) is 4.90 Å². The van der Waals surface area contributed by atoms with Gasteiger partial charge in [-0.15, -0.1) is 0 Å². The summed E-state index contributed by atoms with van der Waals surface area (Å²) < 4.78 is 6.96. The molecule has 1 unspecified atom stereocenters. The minimum Gasteiger partial charge on any atom is -0.368 e. The molecule has 1 aromatic carbocycles. The van der Waals surface area contributed by atoms with Gasteiger partial charge in [-0.3, -0.25) is 4.79 Å². The number of alkyl halides is 1. The van der Waals surface area contributed by atoms with Crippen LogP contribution in [0.4, 0.5) is 0 Å². The molecule has 1 aliphatic heterocycles. The number of aryl methyl sites for hydroxylation is 1. The van der Waals surface area contributed by atoms with Gasteiger partial charge in [0.25, 0.3) is 5.91 Å². The SMILES string of the molecule is Cc1cc(C(=O)N2CC(CBr)OC(C)(C)C2)ccc1Br. The van der Waals surface area contributed by atoms with Crippen LogP contribution < -0.4 is 0 Å². The zero-order valence-electron chi connectivity index (χ0n) is 12.0. The predicted octanol–water partition coefficient (Wildman–Crippen LogP) is 3.77. The van der Waals surface area contributed by atoms with Gasteiger partial charge in [-0.25, -0.2) is 0 Å². The third-order valence-electron chi connectivity index (χ3n) is 3.35. The number of rotatable bonds is 2. The smallest absolute Gasteiger partial charge is 0.254 e. The van der Waals surface area contributed by atoms with E-state index in [-0.39, 0.29) is 17.6 Å². The van der Waals surface area contributed by atoms with Crippen molar-refractivity contribution < 1.29 is 9.53 Å². The largest absolute Gasteiger partial charge is 0.368 e. The summed E-state index contributed by atoms with van der Waals surface area (Å²) in [6, 6.07) is 5.72. The zero-order valence-corrected chi connectivity index (χ0v) is 15.1. The van der Waals surface area contributed by atoms with E-state index < -0.39 is 0 Å². The molecule has 2 rings (SSSR count). The van der Waals surface area contributed by atoms with Crippen LogP contribution in [0.25, 0.3) is 0 Å². The van der Waals surface area contributed by atoms with E-state index in [1.165, 1.54) is 0 Å². The molecule has 0 aromatic heterocycles. The maximum atomic E-state index is 12.7. The van der Waals surface area contributed by atoms with Gasteiger partial charge >= 0.3 is 0 Å². The summed E-state index contributed by atoms with van der Waals surface area (Å²) in [6.45, 7) is 7.28. The molecule has 1 atom stereocenters. The van der Waals surface area contributed by atoms with Gasteiger partial charge in [0.1, 0.15) is 0 Å².